The van der Waals surface area contributed by atoms with Crippen molar-refractivity contribution in [3.05, 3.63) is 82.9 Å². The normalized spacial score (nSPS) is 16.5. The van der Waals surface area contributed by atoms with Crippen molar-refractivity contribution in [1.29, 1.82) is 0 Å². The SMILES string of the molecule is C=Cc1ccc(-n2c(=O)n([C@H]3CCN(Cc4ncc(C(=O)O)n4C)C3)c3ncccc32)cc1. The highest BCUT2D eigenvalue weighted by molar-refractivity contribution is 5.85. The fourth-order valence-corrected chi connectivity index (χ4v) is 4.55. The van der Waals surface area contributed by atoms with Gasteiger partial charge >= 0.3 is 11.7 Å². The molecule has 1 saturated heterocycles. The number of imidazole rings is 2. The number of aromatic nitrogens is 5. The molecule has 1 atom stereocenters. The first-order valence-electron chi connectivity index (χ1n) is 10.7. The van der Waals surface area contributed by atoms with Crippen molar-refractivity contribution in [3.8, 4) is 5.69 Å². The summed E-state index contributed by atoms with van der Waals surface area (Å²) in [5.74, 6) is -0.314. The number of carboxylic acid groups (broad SMARTS) is 1. The first kappa shape index (κ1) is 20.9. The molecule has 0 radical (unpaired) electrons. The Labute approximate surface area is 189 Å². The van der Waals surface area contributed by atoms with E-state index in [-0.39, 0.29) is 17.4 Å². The van der Waals surface area contributed by atoms with Gasteiger partial charge in [0.1, 0.15) is 11.5 Å². The lowest BCUT2D eigenvalue weighted by molar-refractivity contribution is 0.0686. The fraction of sp³-hybridized carbons (Fsp3) is 0.250. The van der Waals surface area contributed by atoms with Crippen LogP contribution in [0.15, 0.2) is 60.2 Å². The molecule has 1 aliphatic heterocycles. The molecule has 168 valence electrons. The van der Waals surface area contributed by atoms with Crippen molar-refractivity contribution >= 4 is 23.2 Å². The minimum atomic E-state index is -0.998. The summed E-state index contributed by atoms with van der Waals surface area (Å²) in [7, 11) is 1.71. The molecule has 4 heterocycles. The first-order chi connectivity index (χ1) is 16.0. The van der Waals surface area contributed by atoms with E-state index in [1.165, 1.54) is 6.20 Å². The van der Waals surface area contributed by atoms with E-state index in [0.717, 1.165) is 29.7 Å². The number of fused-ring (bicyclic) bond motifs is 1. The molecule has 0 aliphatic carbocycles. The lowest BCUT2D eigenvalue weighted by Crippen LogP contribution is -2.29. The van der Waals surface area contributed by atoms with Crippen LogP contribution in [0.2, 0.25) is 0 Å². The van der Waals surface area contributed by atoms with Crippen LogP contribution in [-0.2, 0) is 13.6 Å². The average molecular weight is 444 g/mol. The van der Waals surface area contributed by atoms with E-state index in [0.29, 0.717) is 24.6 Å². The molecule has 0 spiro atoms. The quantitative estimate of drug-likeness (QED) is 0.491. The van der Waals surface area contributed by atoms with Gasteiger partial charge in [0, 0.05) is 26.3 Å². The minimum Gasteiger partial charge on any atom is -0.477 e. The molecule has 1 aliphatic rings. The number of rotatable bonds is 6. The molecule has 3 aromatic heterocycles. The van der Waals surface area contributed by atoms with Gasteiger partial charge in [-0.15, -0.1) is 0 Å². The van der Waals surface area contributed by atoms with Crippen molar-refractivity contribution in [1.82, 2.24) is 28.6 Å². The highest BCUT2D eigenvalue weighted by Gasteiger charge is 2.29. The molecule has 0 amide bonds. The summed E-state index contributed by atoms with van der Waals surface area (Å²) in [6.45, 7) is 5.74. The summed E-state index contributed by atoms with van der Waals surface area (Å²) in [6, 6.07) is 11.4. The Morgan fingerprint density at radius 3 is 2.73 bits per heavy atom. The van der Waals surface area contributed by atoms with Gasteiger partial charge in [-0.25, -0.2) is 19.6 Å². The molecule has 9 nitrogen and oxygen atoms in total. The van der Waals surface area contributed by atoms with Crippen LogP contribution in [0, 0.1) is 0 Å². The third kappa shape index (κ3) is 3.56. The summed E-state index contributed by atoms with van der Waals surface area (Å²) in [5, 5.41) is 9.26. The van der Waals surface area contributed by atoms with Gasteiger partial charge in [0.25, 0.3) is 0 Å². The van der Waals surface area contributed by atoms with E-state index in [9.17, 15) is 14.7 Å². The molecule has 5 rings (SSSR count). The summed E-state index contributed by atoms with van der Waals surface area (Å²) >= 11 is 0. The number of carboxylic acids is 1. The Bertz CT molecular complexity index is 1410. The second kappa shape index (κ2) is 8.18. The van der Waals surface area contributed by atoms with Crippen molar-refractivity contribution in [2.45, 2.75) is 19.0 Å². The van der Waals surface area contributed by atoms with Gasteiger partial charge in [-0.05, 0) is 36.2 Å². The molecule has 1 N–H and O–H groups in total. The topological polar surface area (TPSA) is 98.2 Å². The molecule has 1 fully saturated rings. The molecule has 0 bridgehead atoms. The van der Waals surface area contributed by atoms with Gasteiger partial charge in [-0.2, -0.15) is 0 Å². The Kier molecular flexibility index (Phi) is 5.18. The summed E-state index contributed by atoms with van der Waals surface area (Å²) in [4.78, 5) is 35.9. The average Bonchev–Trinajstić information content (AvgIpc) is 3.50. The second-order valence-electron chi connectivity index (χ2n) is 8.23. The van der Waals surface area contributed by atoms with E-state index >= 15 is 0 Å². The molecule has 33 heavy (non-hydrogen) atoms. The van der Waals surface area contributed by atoms with E-state index in [4.69, 9.17) is 0 Å². The highest BCUT2D eigenvalue weighted by atomic mass is 16.4. The number of hydrogen-bond donors (Lipinski definition) is 1. The standard InChI is InChI=1S/C24H24N6O3/c1-3-16-6-8-17(9-7-16)29-19-5-4-11-25-22(19)30(24(29)33)18-10-12-28(14-18)15-21-26-13-20(23(31)32)27(21)2/h3-9,11,13,18H,1,10,12,14-15H2,2H3,(H,31,32)/t18-/m0/s1. The van der Waals surface area contributed by atoms with E-state index in [1.54, 1.807) is 33.0 Å². The molecule has 1 aromatic carbocycles. The maximum Gasteiger partial charge on any atom is 0.354 e. The van der Waals surface area contributed by atoms with Crippen molar-refractivity contribution < 1.29 is 9.90 Å². The van der Waals surface area contributed by atoms with Crippen LogP contribution in [0.3, 0.4) is 0 Å². The monoisotopic (exact) mass is 444 g/mol. The maximum absolute atomic E-state index is 13.6. The van der Waals surface area contributed by atoms with Crippen LogP contribution in [0.25, 0.3) is 22.9 Å². The Morgan fingerprint density at radius 2 is 2.03 bits per heavy atom. The second-order valence-corrected chi connectivity index (χ2v) is 8.23. The maximum atomic E-state index is 13.6. The molecule has 9 heteroatoms. The number of benzene rings is 1. The number of hydrogen-bond acceptors (Lipinski definition) is 5. The highest BCUT2D eigenvalue weighted by Crippen LogP contribution is 2.26. The molecule has 0 saturated carbocycles. The van der Waals surface area contributed by atoms with Crippen LogP contribution in [0.4, 0.5) is 0 Å². The Morgan fingerprint density at radius 1 is 1.24 bits per heavy atom. The van der Waals surface area contributed by atoms with Gasteiger partial charge in [0.05, 0.1) is 30.0 Å². The van der Waals surface area contributed by atoms with Crippen LogP contribution in [0.1, 0.15) is 34.3 Å². The van der Waals surface area contributed by atoms with Gasteiger partial charge in [0.2, 0.25) is 0 Å². The summed E-state index contributed by atoms with van der Waals surface area (Å²) in [5.41, 5.74) is 3.24. The van der Waals surface area contributed by atoms with Crippen molar-refractivity contribution in [2.75, 3.05) is 13.1 Å². The predicted octanol–water partition coefficient (Wildman–Crippen LogP) is 2.71. The Balaban J connectivity index is 1.47. The van der Waals surface area contributed by atoms with E-state index in [1.807, 2.05) is 36.4 Å². The number of likely N-dealkylation sites (tertiary alicyclic amines) is 1. The summed E-state index contributed by atoms with van der Waals surface area (Å²) < 4.78 is 5.09. The molecular weight excluding hydrogens is 420 g/mol. The zero-order valence-corrected chi connectivity index (χ0v) is 18.3. The van der Waals surface area contributed by atoms with Crippen molar-refractivity contribution in [3.63, 3.8) is 0 Å². The van der Waals surface area contributed by atoms with Gasteiger partial charge in [-0.3, -0.25) is 14.0 Å². The minimum absolute atomic E-state index is 0.0391. The molecular formula is C24H24N6O3. The lowest BCUT2D eigenvalue weighted by Gasteiger charge is -2.16. The van der Waals surface area contributed by atoms with Crippen LogP contribution < -0.4 is 5.69 Å². The van der Waals surface area contributed by atoms with E-state index in [2.05, 4.69) is 21.4 Å². The Hall–Kier alpha value is -3.98. The first-order valence-corrected chi connectivity index (χ1v) is 10.7. The zero-order chi connectivity index (χ0) is 23.1. The number of nitrogens with zero attached hydrogens (tertiary/aromatic N) is 6. The third-order valence-corrected chi connectivity index (χ3v) is 6.30. The van der Waals surface area contributed by atoms with Gasteiger partial charge in [-0.1, -0.05) is 24.8 Å². The number of pyridine rings is 1. The van der Waals surface area contributed by atoms with Gasteiger partial charge in [0.15, 0.2) is 5.65 Å². The molecule has 0 unspecified atom stereocenters. The summed E-state index contributed by atoms with van der Waals surface area (Å²) in [6.07, 6.45) is 5.65. The van der Waals surface area contributed by atoms with Crippen LogP contribution in [0.5, 0.6) is 0 Å². The fourth-order valence-electron chi connectivity index (χ4n) is 4.55. The smallest absolute Gasteiger partial charge is 0.354 e. The lowest BCUT2D eigenvalue weighted by atomic mass is 10.2. The predicted molar refractivity (Wildman–Crippen MR) is 125 cm³/mol. The third-order valence-electron chi connectivity index (χ3n) is 6.30. The van der Waals surface area contributed by atoms with Crippen LogP contribution in [-0.4, -0.2) is 52.7 Å². The van der Waals surface area contributed by atoms with E-state index < -0.39 is 5.97 Å². The van der Waals surface area contributed by atoms with Crippen molar-refractivity contribution in [2.24, 2.45) is 7.05 Å². The number of carbonyl (C=O) groups is 1. The van der Waals surface area contributed by atoms with Crippen LogP contribution >= 0.6 is 0 Å². The molecule has 4 aromatic rings. The van der Waals surface area contributed by atoms with Gasteiger partial charge < -0.3 is 9.67 Å². The zero-order valence-electron chi connectivity index (χ0n) is 18.3. The number of aromatic carboxylic acids is 1. The largest absolute Gasteiger partial charge is 0.477 e.